The second-order valence-corrected chi connectivity index (χ2v) is 6.61. The van der Waals surface area contributed by atoms with E-state index in [-0.39, 0.29) is 17.7 Å². The molecule has 1 aromatic heterocycles. The number of anilines is 1. The summed E-state index contributed by atoms with van der Waals surface area (Å²) in [5.41, 5.74) is 1.42. The van der Waals surface area contributed by atoms with Gasteiger partial charge < -0.3 is 5.32 Å². The van der Waals surface area contributed by atoms with Gasteiger partial charge in [0.25, 0.3) is 5.91 Å². The van der Waals surface area contributed by atoms with Crippen LogP contribution < -0.4 is 10.6 Å². The van der Waals surface area contributed by atoms with Crippen molar-refractivity contribution in [3.05, 3.63) is 46.5 Å². The molecule has 0 fully saturated rings. The second kappa shape index (κ2) is 6.91. The first-order valence-electron chi connectivity index (χ1n) is 7.82. The summed E-state index contributed by atoms with van der Waals surface area (Å²) in [6, 6.07) is 9.04. The molecule has 1 atom stereocenters. The lowest BCUT2D eigenvalue weighted by Crippen LogP contribution is -2.29. The monoisotopic (exact) mass is 329 g/mol. The third-order valence-corrected chi connectivity index (χ3v) is 4.89. The second-order valence-electron chi connectivity index (χ2n) is 5.53. The van der Waals surface area contributed by atoms with Gasteiger partial charge in [-0.15, -0.1) is 11.3 Å². The van der Waals surface area contributed by atoms with Crippen LogP contribution in [0, 0.1) is 0 Å². The number of hydrogen-bond acceptors (Lipinski definition) is 4. The molecule has 0 radical (unpaired) electrons. The Balaban J connectivity index is 1.70. The predicted molar refractivity (Wildman–Crippen MR) is 90.9 cm³/mol. The Hall–Kier alpha value is -2.21. The first-order chi connectivity index (χ1) is 11.2. The summed E-state index contributed by atoms with van der Waals surface area (Å²) in [6.45, 7) is 2.72. The third kappa shape index (κ3) is 3.42. The number of hydrogen-bond donors (Lipinski definition) is 2. The van der Waals surface area contributed by atoms with Crippen molar-refractivity contribution in [3.8, 4) is 0 Å². The van der Waals surface area contributed by atoms with Crippen molar-refractivity contribution < 1.29 is 9.59 Å². The van der Waals surface area contributed by atoms with E-state index in [0.717, 1.165) is 29.8 Å². The van der Waals surface area contributed by atoms with E-state index in [2.05, 4.69) is 15.6 Å². The topological polar surface area (TPSA) is 71.1 Å². The van der Waals surface area contributed by atoms with Crippen molar-refractivity contribution >= 4 is 28.3 Å². The van der Waals surface area contributed by atoms with Crippen molar-refractivity contribution in [2.24, 2.45) is 0 Å². The largest absolute Gasteiger partial charge is 0.356 e. The summed E-state index contributed by atoms with van der Waals surface area (Å²) in [7, 11) is 0. The van der Waals surface area contributed by atoms with Gasteiger partial charge in [-0.2, -0.15) is 0 Å². The number of amides is 2. The van der Waals surface area contributed by atoms with E-state index in [4.69, 9.17) is 0 Å². The van der Waals surface area contributed by atoms with Crippen LogP contribution in [-0.2, 0) is 11.2 Å². The molecule has 3 rings (SSSR count). The Morgan fingerprint density at radius 2 is 2.09 bits per heavy atom. The van der Waals surface area contributed by atoms with Crippen molar-refractivity contribution in [3.63, 3.8) is 0 Å². The zero-order valence-electron chi connectivity index (χ0n) is 13.0. The zero-order valence-corrected chi connectivity index (χ0v) is 13.8. The highest BCUT2D eigenvalue weighted by Gasteiger charge is 2.32. The molecule has 0 saturated heterocycles. The highest BCUT2D eigenvalue weighted by atomic mass is 32.1. The number of benzene rings is 1. The van der Waals surface area contributed by atoms with Crippen LogP contribution in [0.1, 0.15) is 46.6 Å². The molecule has 120 valence electrons. The molecule has 1 aliphatic carbocycles. The van der Waals surface area contributed by atoms with Crippen LogP contribution in [0.4, 0.5) is 5.13 Å². The number of nitrogens with zero attached hydrogens (tertiary/aromatic N) is 1. The molecule has 0 saturated carbocycles. The first-order valence-corrected chi connectivity index (χ1v) is 8.64. The van der Waals surface area contributed by atoms with Crippen LogP contribution in [-0.4, -0.2) is 23.3 Å². The molecule has 1 heterocycles. The van der Waals surface area contributed by atoms with Crippen LogP contribution in [0.25, 0.3) is 0 Å². The van der Waals surface area contributed by atoms with E-state index in [1.807, 2.05) is 25.1 Å². The molecule has 6 heteroatoms. The molecule has 5 nitrogen and oxygen atoms in total. The molecule has 1 unspecified atom stereocenters. The summed E-state index contributed by atoms with van der Waals surface area (Å²) in [5.74, 6) is -0.322. The molecule has 0 aliphatic heterocycles. The Morgan fingerprint density at radius 3 is 2.83 bits per heavy atom. The summed E-state index contributed by atoms with van der Waals surface area (Å²) >= 11 is 1.47. The van der Waals surface area contributed by atoms with E-state index >= 15 is 0 Å². The number of aryl methyl sites for hydroxylation is 1. The summed E-state index contributed by atoms with van der Waals surface area (Å²) in [6.07, 6.45) is 2.57. The molecule has 23 heavy (non-hydrogen) atoms. The lowest BCUT2D eigenvalue weighted by atomic mass is 10.1. The van der Waals surface area contributed by atoms with E-state index in [0.29, 0.717) is 17.2 Å². The van der Waals surface area contributed by atoms with Crippen LogP contribution >= 0.6 is 11.3 Å². The fourth-order valence-electron chi connectivity index (χ4n) is 2.67. The quantitative estimate of drug-likeness (QED) is 0.886. The Labute approximate surface area is 139 Å². The number of carbonyl (C=O) groups excluding carboxylic acids is 2. The number of aromatic nitrogens is 1. The van der Waals surface area contributed by atoms with Crippen molar-refractivity contribution in [1.29, 1.82) is 0 Å². The van der Waals surface area contributed by atoms with Gasteiger partial charge in [-0.1, -0.05) is 25.1 Å². The van der Waals surface area contributed by atoms with E-state index in [1.54, 1.807) is 12.1 Å². The smallest absolute Gasteiger partial charge is 0.257 e. The van der Waals surface area contributed by atoms with Gasteiger partial charge in [0.2, 0.25) is 5.91 Å². The summed E-state index contributed by atoms with van der Waals surface area (Å²) in [5, 5.41) is 6.32. The fourth-order valence-corrected chi connectivity index (χ4v) is 3.70. The number of fused-ring (bicyclic) bond motifs is 1. The molecule has 2 amide bonds. The maximum absolute atomic E-state index is 12.2. The zero-order chi connectivity index (χ0) is 16.2. The molecular formula is C17H19N3O2S. The van der Waals surface area contributed by atoms with Gasteiger partial charge in [-0.25, -0.2) is 4.98 Å². The highest BCUT2D eigenvalue weighted by molar-refractivity contribution is 7.16. The average Bonchev–Trinajstić information content (AvgIpc) is 3.13. The molecule has 0 spiro atoms. The number of nitrogens with one attached hydrogen (secondary N) is 2. The van der Waals surface area contributed by atoms with Gasteiger partial charge in [0.05, 0.1) is 11.6 Å². The van der Waals surface area contributed by atoms with Gasteiger partial charge in [0, 0.05) is 17.0 Å². The number of rotatable bonds is 5. The van der Waals surface area contributed by atoms with Crippen LogP contribution in [0.15, 0.2) is 30.3 Å². The van der Waals surface area contributed by atoms with Gasteiger partial charge in [-0.3, -0.25) is 14.9 Å². The number of thiazole rings is 1. The maximum atomic E-state index is 12.2. The SMILES string of the molecule is CCCNC(=O)C1CCc2sc(NC(=O)c3ccccc3)nc21. The van der Waals surface area contributed by atoms with Gasteiger partial charge in [0.1, 0.15) is 0 Å². The lowest BCUT2D eigenvalue weighted by Gasteiger charge is -2.09. The van der Waals surface area contributed by atoms with Crippen LogP contribution in [0.5, 0.6) is 0 Å². The molecule has 1 aromatic carbocycles. The highest BCUT2D eigenvalue weighted by Crippen LogP contribution is 2.38. The van der Waals surface area contributed by atoms with E-state index in [1.165, 1.54) is 11.3 Å². The third-order valence-electron chi connectivity index (χ3n) is 3.84. The predicted octanol–water partition coefficient (Wildman–Crippen LogP) is 2.95. The van der Waals surface area contributed by atoms with E-state index < -0.39 is 0 Å². The minimum absolute atomic E-state index is 0.0387. The Morgan fingerprint density at radius 1 is 1.30 bits per heavy atom. The van der Waals surface area contributed by atoms with Crippen molar-refractivity contribution in [1.82, 2.24) is 10.3 Å². The minimum Gasteiger partial charge on any atom is -0.356 e. The normalized spacial score (nSPS) is 16.0. The van der Waals surface area contributed by atoms with E-state index in [9.17, 15) is 9.59 Å². The average molecular weight is 329 g/mol. The first kappa shape index (κ1) is 15.7. The Bertz CT molecular complexity index is 712. The Kier molecular flexibility index (Phi) is 4.71. The molecule has 1 aliphatic rings. The van der Waals surface area contributed by atoms with Gasteiger partial charge in [-0.05, 0) is 31.4 Å². The molecular weight excluding hydrogens is 310 g/mol. The molecule has 0 bridgehead atoms. The summed E-state index contributed by atoms with van der Waals surface area (Å²) < 4.78 is 0. The fraction of sp³-hybridized carbons (Fsp3) is 0.353. The van der Waals surface area contributed by atoms with Crippen molar-refractivity contribution in [2.75, 3.05) is 11.9 Å². The van der Waals surface area contributed by atoms with Crippen LogP contribution in [0.2, 0.25) is 0 Å². The van der Waals surface area contributed by atoms with Gasteiger partial charge in [0.15, 0.2) is 5.13 Å². The number of carbonyl (C=O) groups is 2. The standard InChI is InChI=1S/C17H19N3O2S/c1-2-10-18-16(22)12-8-9-13-14(12)19-17(23-13)20-15(21)11-6-4-3-5-7-11/h3-7,12H,2,8-10H2,1H3,(H,18,22)(H,19,20,21). The molecule has 2 aromatic rings. The molecule has 2 N–H and O–H groups in total. The van der Waals surface area contributed by atoms with Crippen molar-refractivity contribution in [2.45, 2.75) is 32.1 Å². The van der Waals surface area contributed by atoms with Crippen LogP contribution in [0.3, 0.4) is 0 Å². The summed E-state index contributed by atoms with van der Waals surface area (Å²) in [4.78, 5) is 30.0. The van der Waals surface area contributed by atoms with Gasteiger partial charge >= 0.3 is 0 Å². The maximum Gasteiger partial charge on any atom is 0.257 e. The lowest BCUT2D eigenvalue weighted by molar-refractivity contribution is -0.122. The minimum atomic E-state index is -0.185.